The smallest absolute Gasteiger partial charge is 0.331 e. The van der Waals surface area contributed by atoms with Crippen LogP contribution in [0.4, 0.5) is 0 Å². The zero-order valence-electron chi connectivity index (χ0n) is 18.0. The summed E-state index contributed by atoms with van der Waals surface area (Å²) in [5.74, 6) is -0.830. The molecule has 0 saturated carbocycles. The number of rotatable bonds is 9. The molecule has 4 rings (SSSR count). The maximum Gasteiger partial charge on any atom is 0.331 e. The fraction of sp³-hybridized carbons (Fsp3) is 0.0769. The van der Waals surface area contributed by atoms with Crippen molar-refractivity contribution in [2.75, 3.05) is 0 Å². The third-order valence-corrected chi connectivity index (χ3v) is 6.20. The quantitative estimate of drug-likeness (QED) is 0.220. The Hall–Kier alpha value is -3.88. The molecule has 8 heteroatoms. The van der Waals surface area contributed by atoms with Gasteiger partial charge in [-0.1, -0.05) is 12.1 Å². The van der Waals surface area contributed by atoms with Crippen molar-refractivity contribution in [3.05, 3.63) is 105 Å². The van der Waals surface area contributed by atoms with Crippen molar-refractivity contribution in [3.8, 4) is 11.4 Å². The molecule has 4 aromatic rings. The molecule has 0 aliphatic rings. The molecule has 6 nitrogen and oxygen atoms in total. The molecule has 0 aliphatic carbocycles. The molecule has 0 fully saturated rings. The first-order valence-electron chi connectivity index (χ1n) is 10.3. The van der Waals surface area contributed by atoms with Crippen LogP contribution in [0, 0.1) is 0 Å². The van der Waals surface area contributed by atoms with E-state index in [2.05, 4.69) is 9.97 Å². The third-order valence-electron chi connectivity index (χ3n) is 4.53. The van der Waals surface area contributed by atoms with Gasteiger partial charge in [0.15, 0.2) is 0 Å². The van der Waals surface area contributed by atoms with Crippen molar-refractivity contribution < 1.29 is 19.1 Å². The number of ether oxygens (including phenoxy) is 2. The Morgan fingerprint density at radius 2 is 1.21 bits per heavy atom. The standard InChI is InChI=1S/C26H20N2O4S2/c29-25(7-5-21-3-1-13-33-21)31-17-19-9-11-27-23(15-19)24-16-20(10-12-28-24)18-32-26(30)8-6-22-4-2-14-34-22/h1-16H,17-18H2/b7-5+,8-6+. The number of carbonyl (C=O) groups excluding carboxylic acids is 2. The minimum absolute atomic E-state index is 0.122. The fourth-order valence-corrected chi connectivity index (χ4v) is 4.12. The molecule has 0 spiro atoms. The maximum atomic E-state index is 12.0. The van der Waals surface area contributed by atoms with E-state index in [0.29, 0.717) is 11.4 Å². The predicted octanol–water partition coefficient (Wildman–Crippen LogP) is 5.78. The van der Waals surface area contributed by atoms with Crippen LogP contribution in [-0.4, -0.2) is 21.9 Å². The Kier molecular flexibility index (Phi) is 8.10. The molecule has 34 heavy (non-hydrogen) atoms. The predicted molar refractivity (Wildman–Crippen MR) is 134 cm³/mol. The van der Waals surface area contributed by atoms with E-state index in [4.69, 9.17) is 9.47 Å². The minimum Gasteiger partial charge on any atom is -0.458 e. The Morgan fingerprint density at radius 1 is 0.735 bits per heavy atom. The normalized spacial score (nSPS) is 11.2. The van der Waals surface area contributed by atoms with Crippen LogP contribution in [0.25, 0.3) is 23.5 Å². The van der Waals surface area contributed by atoms with E-state index in [-0.39, 0.29) is 13.2 Å². The number of pyridine rings is 2. The van der Waals surface area contributed by atoms with E-state index in [1.54, 1.807) is 59.4 Å². The summed E-state index contributed by atoms with van der Waals surface area (Å²) in [7, 11) is 0. The Labute approximate surface area is 204 Å². The fourth-order valence-electron chi connectivity index (χ4n) is 2.89. The summed E-state index contributed by atoms with van der Waals surface area (Å²) in [5, 5.41) is 3.89. The van der Waals surface area contributed by atoms with E-state index >= 15 is 0 Å². The molecule has 0 radical (unpaired) electrons. The molecule has 0 amide bonds. The van der Waals surface area contributed by atoms with Crippen LogP contribution in [0.15, 0.2) is 83.8 Å². The van der Waals surface area contributed by atoms with Gasteiger partial charge in [-0.05, 0) is 70.4 Å². The summed E-state index contributed by atoms with van der Waals surface area (Å²) in [6, 6.07) is 14.9. The van der Waals surface area contributed by atoms with Crippen LogP contribution < -0.4 is 0 Å². The number of nitrogens with zero attached hydrogens (tertiary/aromatic N) is 2. The van der Waals surface area contributed by atoms with Gasteiger partial charge in [-0.15, -0.1) is 22.7 Å². The van der Waals surface area contributed by atoms with E-state index in [9.17, 15) is 9.59 Å². The monoisotopic (exact) mass is 488 g/mol. The summed E-state index contributed by atoms with van der Waals surface area (Å²) < 4.78 is 10.6. The summed E-state index contributed by atoms with van der Waals surface area (Å²) in [4.78, 5) is 34.7. The highest BCUT2D eigenvalue weighted by atomic mass is 32.1. The number of aromatic nitrogens is 2. The first-order chi connectivity index (χ1) is 16.7. The molecule has 4 aromatic heterocycles. The second-order valence-electron chi connectivity index (χ2n) is 7.01. The van der Waals surface area contributed by atoms with Crippen LogP contribution in [0.5, 0.6) is 0 Å². The molecule has 0 bridgehead atoms. The largest absolute Gasteiger partial charge is 0.458 e. The lowest BCUT2D eigenvalue weighted by Gasteiger charge is -2.07. The number of thiophene rings is 2. The van der Waals surface area contributed by atoms with E-state index in [1.807, 2.05) is 47.2 Å². The SMILES string of the molecule is O=C(/C=C/c1cccs1)OCc1ccnc(-c2cc(COC(=O)/C=C/c3cccs3)ccn2)c1. The summed E-state index contributed by atoms with van der Waals surface area (Å²) >= 11 is 3.09. The lowest BCUT2D eigenvalue weighted by Crippen LogP contribution is -2.02. The molecule has 0 saturated heterocycles. The second-order valence-corrected chi connectivity index (χ2v) is 8.97. The van der Waals surface area contributed by atoms with Crippen LogP contribution in [0.3, 0.4) is 0 Å². The van der Waals surface area contributed by atoms with Gasteiger partial charge in [0, 0.05) is 34.3 Å². The van der Waals surface area contributed by atoms with Crippen LogP contribution in [0.2, 0.25) is 0 Å². The van der Waals surface area contributed by atoms with Gasteiger partial charge in [0.2, 0.25) is 0 Å². The first-order valence-corrected chi connectivity index (χ1v) is 12.1. The zero-order chi connectivity index (χ0) is 23.6. The van der Waals surface area contributed by atoms with Gasteiger partial charge in [0.05, 0.1) is 11.4 Å². The van der Waals surface area contributed by atoms with Crippen LogP contribution in [-0.2, 0) is 32.3 Å². The average Bonchev–Trinajstić information content (AvgIpc) is 3.59. The summed E-state index contributed by atoms with van der Waals surface area (Å²) in [5.41, 5.74) is 2.85. The number of carbonyl (C=O) groups is 2. The molecular weight excluding hydrogens is 468 g/mol. The van der Waals surface area contributed by atoms with Crippen molar-refractivity contribution >= 4 is 46.8 Å². The molecule has 0 aliphatic heterocycles. The summed E-state index contributed by atoms with van der Waals surface area (Å²) in [6.45, 7) is 0.244. The van der Waals surface area contributed by atoms with Crippen molar-refractivity contribution in [2.24, 2.45) is 0 Å². The first kappa shape index (κ1) is 23.3. The Balaban J connectivity index is 1.33. The average molecular weight is 489 g/mol. The van der Waals surface area contributed by atoms with E-state index in [1.165, 1.54) is 12.2 Å². The summed E-state index contributed by atoms with van der Waals surface area (Å²) in [6.07, 6.45) is 9.57. The van der Waals surface area contributed by atoms with Crippen LogP contribution >= 0.6 is 22.7 Å². The number of hydrogen-bond donors (Lipinski definition) is 0. The van der Waals surface area contributed by atoms with Gasteiger partial charge in [0.25, 0.3) is 0 Å². The topological polar surface area (TPSA) is 78.4 Å². The van der Waals surface area contributed by atoms with Gasteiger partial charge >= 0.3 is 11.9 Å². The number of esters is 2. The molecule has 0 aromatic carbocycles. The third kappa shape index (κ3) is 7.06. The highest BCUT2D eigenvalue weighted by molar-refractivity contribution is 7.11. The van der Waals surface area contributed by atoms with Crippen molar-refractivity contribution in [3.63, 3.8) is 0 Å². The van der Waals surface area contributed by atoms with Crippen molar-refractivity contribution in [1.29, 1.82) is 0 Å². The Morgan fingerprint density at radius 3 is 1.62 bits per heavy atom. The Bertz CT molecular complexity index is 1190. The van der Waals surface area contributed by atoms with Gasteiger partial charge in [0.1, 0.15) is 13.2 Å². The lowest BCUT2D eigenvalue weighted by molar-refractivity contribution is -0.139. The zero-order valence-corrected chi connectivity index (χ0v) is 19.6. The molecule has 4 heterocycles. The van der Waals surface area contributed by atoms with Gasteiger partial charge in [-0.2, -0.15) is 0 Å². The van der Waals surface area contributed by atoms with Gasteiger partial charge in [-0.3, -0.25) is 9.97 Å². The van der Waals surface area contributed by atoms with E-state index in [0.717, 1.165) is 20.9 Å². The number of hydrogen-bond acceptors (Lipinski definition) is 8. The van der Waals surface area contributed by atoms with Crippen LogP contribution in [0.1, 0.15) is 20.9 Å². The van der Waals surface area contributed by atoms with Crippen molar-refractivity contribution in [1.82, 2.24) is 9.97 Å². The molecule has 0 atom stereocenters. The minimum atomic E-state index is -0.415. The van der Waals surface area contributed by atoms with Gasteiger partial charge < -0.3 is 9.47 Å². The van der Waals surface area contributed by atoms with E-state index < -0.39 is 11.9 Å². The van der Waals surface area contributed by atoms with Crippen molar-refractivity contribution in [2.45, 2.75) is 13.2 Å². The lowest BCUT2D eigenvalue weighted by atomic mass is 10.1. The molecular formula is C26H20N2O4S2. The molecule has 0 unspecified atom stereocenters. The highest BCUT2D eigenvalue weighted by Gasteiger charge is 2.07. The molecule has 170 valence electrons. The van der Waals surface area contributed by atoms with Gasteiger partial charge in [-0.25, -0.2) is 9.59 Å². The highest BCUT2D eigenvalue weighted by Crippen LogP contribution is 2.18. The molecule has 0 N–H and O–H groups in total. The second kappa shape index (κ2) is 11.8. The maximum absolute atomic E-state index is 12.0.